The summed E-state index contributed by atoms with van der Waals surface area (Å²) in [5.41, 5.74) is 3.75. The summed E-state index contributed by atoms with van der Waals surface area (Å²) in [6, 6.07) is 6.09. The summed E-state index contributed by atoms with van der Waals surface area (Å²) in [5.74, 6) is 0.835. The highest BCUT2D eigenvalue weighted by Crippen LogP contribution is 2.36. The summed E-state index contributed by atoms with van der Waals surface area (Å²) < 4.78 is 0. The van der Waals surface area contributed by atoms with E-state index in [2.05, 4.69) is 42.7 Å². The summed E-state index contributed by atoms with van der Waals surface area (Å²) in [4.78, 5) is 23.4. The Morgan fingerprint density at radius 2 is 2.25 bits per heavy atom. The monoisotopic (exact) mass is 290 g/mol. The van der Waals surface area contributed by atoms with Gasteiger partial charge in [0.1, 0.15) is 6.04 Å². The molecule has 106 valence electrons. The standard InChI is InChI=1S/C15H18N2O2S/c1-8-3-4-10-6-9(2)13(11(10)5-8)17-14(18)12-7-20-15(19)16-12/h3-5,9,12-13H,6-7H2,1-2H3,(H,16,19)(H,17,18)/t9-,12-,13+/m0/s1. The Kier molecular flexibility index (Phi) is 3.46. The molecule has 3 atom stereocenters. The van der Waals surface area contributed by atoms with Gasteiger partial charge in [0, 0.05) is 5.75 Å². The van der Waals surface area contributed by atoms with E-state index in [1.165, 1.54) is 28.5 Å². The molecule has 3 rings (SSSR count). The maximum atomic E-state index is 12.2. The van der Waals surface area contributed by atoms with E-state index in [0.717, 1.165) is 6.42 Å². The van der Waals surface area contributed by atoms with Crippen LogP contribution in [0.4, 0.5) is 4.79 Å². The van der Waals surface area contributed by atoms with E-state index in [9.17, 15) is 9.59 Å². The van der Waals surface area contributed by atoms with Crippen molar-refractivity contribution < 1.29 is 9.59 Å². The fourth-order valence-electron chi connectivity index (χ4n) is 2.96. The third kappa shape index (κ3) is 2.42. The fourth-order valence-corrected chi connectivity index (χ4v) is 3.74. The SMILES string of the molecule is Cc1ccc2c(c1)[C@H](NC(=O)[C@@H]1CSC(=O)N1)[C@@H](C)C2. The molecule has 1 aromatic carbocycles. The minimum absolute atomic E-state index is 0.0555. The fraction of sp³-hybridized carbons (Fsp3) is 0.467. The van der Waals surface area contributed by atoms with Crippen LogP contribution in [-0.4, -0.2) is 22.9 Å². The predicted molar refractivity (Wildman–Crippen MR) is 79.7 cm³/mol. The highest BCUT2D eigenvalue weighted by Gasteiger charge is 2.34. The van der Waals surface area contributed by atoms with E-state index < -0.39 is 6.04 Å². The van der Waals surface area contributed by atoms with Gasteiger partial charge < -0.3 is 10.6 Å². The molecule has 0 unspecified atom stereocenters. The van der Waals surface area contributed by atoms with Gasteiger partial charge >= 0.3 is 0 Å². The summed E-state index contributed by atoms with van der Waals surface area (Å²) >= 11 is 1.17. The highest BCUT2D eigenvalue weighted by atomic mass is 32.2. The van der Waals surface area contributed by atoms with Gasteiger partial charge in [0.15, 0.2) is 0 Å². The molecular formula is C15H18N2O2S. The lowest BCUT2D eigenvalue weighted by Crippen LogP contribution is -2.44. The van der Waals surface area contributed by atoms with E-state index in [4.69, 9.17) is 0 Å². The van der Waals surface area contributed by atoms with Crippen molar-refractivity contribution in [3.8, 4) is 0 Å². The number of nitrogens with one attached hydrogen (secondary N) is 2. The normalized spacial score (nSPS) is 28.1. The third-order valence-electron chi connectivity index (χ3n) is 4.03. The van der Waals surface area contributed by atoms with Gasteiger partial charge in [-0.3, -0.25) is 9.59 Å². The first-order valence-electron chi connectivity index (χ1n) is 6.87. The van der Waals surface area contributed by atoms with Gasteiger partial charge in [-0.2, -0.15) is 0 Å². The van der Waals surface area contributed by atoms with Crippen LogP contribution in [-0.2, 0) is 11.2 Å². The Balaban J connectivity index is 1.76. The molecule has 0 radical (unpaired) electrons. The maximum absolute atomic E-state index is 12.2. The minimum Gasteiger partial charge on any atom is -0.347 e. The van der Waals surface area contributed by atoms with Crippen LogP contribution in [0.15, 0.2) is 18.2 Å². The molecular weight excluding hydrogens is 272 g/mol. The lowest BCUT2D eigenvalue weighted by Gasteiger charge is -2.21. The molecule has 2 N–H and O–H groups in total. The van der Waals surface area contributed by atoms with Crippen LogP contribution in [0, 0.1) is 12.8 Å². The van der Waals surface area contributed by atoms with E-state index >= 15 is 0 Å². The lowest BCUT2D eigenvalue weighted by atomic mass is 10.0. The Morgan fingerprint density at radius 3 is 2.95 bits per heavy atom. The van der Waals surface area contributed by atoms with Crippen LogP contribution in [0.2, 0.25) is 0 Å². The second kappa shape index (κ2) is 5.13. The van der Waals surface area contributed by atoms with Gasteiger partial charge in [-0.15, -0.1) is 0 Å². The van der Waals surface area contributed by atoms with Crippen LogP contribution >= 0.6 is 11.8 Å². The topological polar surface area (TPSA) is 58.2 Å². The molecule has 1 fully saturated rings. The Hall–Kier alpha value is -1.49. The van der Waals surface area contributed by atoms with Crippen molar-refractivity contribution in [1.82, 2.24) is 10.6 Å². The Bertz CT molecular complexity index is 573. The third-order valence-corrected chi connectivity index (χ3v) is 4.91. The Labute approximate surface area is 122 Å². The average molecular weight is 290 g/mol. The van der Waals surface area contributed by atoms with Gasteiger partial charge in [0.2, 0.25) is 5.91 Å². The molecule has 5 heteroatoms. The van der Waals surface area contributed by atoms with Crippen LogP contribution in [0.1, 0.15) is 29.7 Å². The number of thioether (sulfide) groups is 1. The zero-order valence-electron chi connectivity index (χ0n) is 11.6. The molecule has 1 aliphatic heterocycles. The van der Waals surface area contributed by atoms with Crippen molar-refractivity contribution >= 4 is 22.9 Å². The van der Waals surface area contributed by atoms with Gasteiger partial charge in [-0.1, -0.05) is 42.4 Å². The number of hydrogen-bond acceptors (Lipinski definition) is 3. The van der Waals surface area contributed by atoms with E-state index in [0.29, 0.717) is 11.7 Å². The Morgan fingerprint density at radius 1 is 1.45 bits per heavy atom. The van der Waals surface area contributed by atoms with Crippen LogP contribution in [0.5, 0.6) is 0 Å². The molecule has 1 aliphatic carbocycles. The smallest absolute Gasteiger partial charge is 0.279 e. The number of benzene rings is 1. The molecule has 0 aromatic heterocycles. The number of carbonyl (C=O) groups is 2. The molecule has 4 nitrogen and oxygen atoms in total. The molecule has 2 aliphatic rings. The molecule has 20 heavy (non-hydrogen) atoms. The molecule has 0 spiro atoms. The summed E-state index contributed by atoms with van der Waals surface area (Å²) in [6.07, 6.45) is 0.992. The number of rotatable bonds is 2. The zero-order valence-corrected chi connectivity index (χ0v) is 12.4. The second-order valence-corrected chi connectivity index (χ2v) is 6.66. The first-order chi connectivity index (χ1) is 9.54. The average Bonchev–Trinajstić information content (AvgIpc) is 2.95. The van der Waals surface area contributed by atoms with E-state index in [-0.39, 0.29) is 17.2 Å². The predicted octanol–water partition coefficient (Wildman–Crippen LogP) is 2.17. The van der Waals surface area contributed by atoms with Crippen molar-refractivity contribution in [2.75, 3.05) is 5.75 Å². The van der Waals surface area contributed by atoms with Crippen molar-refractivity contribution in [3.05, 3.63) is 34.9 Å². The number of carbonyl (C=O) groups excluding carboxylic acids is 2. The van der Waals surface area contributed by atoms with Gasteiger partial charge in [0.05, 0.1) is 6.04 Å². The van der Waals surface area contributed by atoms with Gasteiger partial charge in [0.25, 0.3) is 5.24 Å². The molecule has 0 saturated carbocycles. The number of amides is 2. The van der Waals surface area contributed by atoms with Crippen molar-refractivity contribution in [2.45, 2.75) is 32.4 Å². The first kappa shape index (κ1) is 13.5. The molecule has 1 saturated heterocycles. The zero-order chi connectivity index (χ0) is 14.3. The summed E-state index contributed by atoms with van der Waals surface area (Å²) in [6.45, 7) is 4.22. The molecule has 2 amide bonds. The van der Waals surface area contributed by atoms with Crippen LogP contribution in [0.3, 0.4) is 0 Å². The highest BCUT2D eigenvalue weighted by molar-refractivity contribution is 8.14. The van der Waals surface area contributed by atoms with Crippen LogP contribution in [0.25, 0.3) is 0 Å². The van der Waals surface area contributed by atoms with E-state index in [1.807, 2.05) is 0 Å². The van der Waals surface area contributed by atoms with Crippen LogP contribution < -0.4 is 10.6 Å². The number of fused-ring (bicyclic) bond motifs is 1. The van der Waals surface area contributed by atoms with Crippen molar-refractivity contribution in [3.63, 3.8) is 0 Å². The first-order valence-corrected chi connectivity index (χ1v) is 7.86. The van der Waals surface area contributed by atoms with E-state index in [1.54, 1.807) is 0 Å². The lowest BCUT2D eigenvalue weighted by molar-refractivity contribution is -0.123. The van der Waals surface area contributed by atoms with Crippen molar-refractivity contribution in [2.24, 2.45) is 5.92 Å². The quantitative estimate of drug-likeness (QED) is 0.877. The van der Waals surface area contributed by atoms with Gasteiger partial charge in [-0.25, -0.2) is 0 Å². The largest absolute Gasteiger partial charge is 0.347 e. The summed E-state index contributed by atoms with van der Waals surface area (Å²) in [7, 11) is 0. The minimum atomic E-state index is -0.395. The number of aryl methyl sites for hydroxylation is 1. The second-order valence-electron chi connectivity index (χ2n) is 5.67. The summed E-state index contributed by atoms with van der Waals surface area (Å²) in [5, 5.41) is 5.69. The molecule has 0 bridgehead atoms. The molecule has 1 heterocycles. The number of hydrogen-bond donors (Lipinski definition) is 2. The molecule has 1 aromatic rings. The van der Waals surface area contributed by atoms with Crippen molar-refractivity contribution in [1.29, 1.82) is 0 Å². The maximum Gasteiger partial charge on any atom is 0.279 e. The van der Waals surface area contributed by atoms with Gasteiger partial charge in [-0.05, 0) is 30.4 Å².